The average molecular weight is 351 g/mol. The number of esters is 1. The van der Waals surface area contributed by atoms with Crippen LogP contribution in [0.5, 0.6) is 5.75 Å². The van der Waals surface area contributed by atoms with Crippen LogP contribution in [-0.2, 0) is 9.53 Å². The lowest BCUT2D eigenvalue weighted by Crippen LogP contribution is -2.29. The number of unbranched alkanes of at least 4 members (excludes halogenated alkanes) is 2. The number of nitrogens with zero attached hydrogens (tertiary/aromatic N) is 1. The fourth-order valence-electron chi connectivity index (χ4n) is 2.96. The van der Waals surface area contributed by atoms with Gasteiger partial charge in [0.25, 0.3) is 0 Å². The van der Waals surface area contributed by atoms with E-state index >= 15 is 0 Å². The van der Waals surface area contributed by atoms with Crippen LogP contribution in [0.25, 0.3) is 0 Å². The third kappa shape index (κ3) is 5.23. The lowest BCUT2D eigenvalue weighted by atomic mass is 9.87. The topological polar surface area (TPSA) is 59.3 Å². The first-order valence-corrected chi connectivity index (χ1v) is 8.78. The summed E-state index contributed by atoms with van der Waals surface area (Å²) in [4.78, 5) is 12.2. The molecule has 1 aromatic carbocycles. The minimum Gasteiger partial charge on any atom is -0.423 e. The Hall–Kier alpha value is -2.00. The molecule has 0 radical (unpaired) electrons. The third-order valence-electron chi connectivity index (χ3n) is 4.49. The number of ether oxygens (including phenoxy) is 2. The Labute approximate surface area is 146 Å². The molecule has 2 rings (SSSR count). The monoisotopic (exact) mass is 351 g/mol. The summed E-state index contributed by atoms with van der Waals surface area (Å²) in [7, 11) is 0. The minimum atomic E-state index is -1.31. The highest BCUT2D eigenvalue weighted by molar-refractivity contribution is 5.75. The van der Waals surface area contributed by atoms with Crippen molar-refractivity contribution >= 4 is 5.97 Å². The third-order valence-corrected chi connectivity index (χ3v) is 4.49. The van der Waals surface area contributed by atoms with Gasteiger partial charge in [-0.15, -0.1) is 0 Å². The Morgan fingerprint density at radius 2 is 1.92 bits per heavy atom. The van der Waals surface area contributed by atoms with Gasteiger partial charge in [-0.3, -0.25) is 4.79 Å². The standard InChI is InChI=1S/C19H23F2NO3/c1-2-3-4-11-24-15-8-5-13(6-9-15)19(23)25-16-10-7-14(12-22)17(20)18(16)21/h7,10,13,15H,2-6,8-9,11H2,1H3. The molecule has 1 aliphatic carbocycles. The summed E-state index contributed by atoms with van der Waals surface area (Å²) in [6.07, 6.45) is 6.23. The first kappa shape index (κ1) is 19.3. The van der Waals surface area contributed by atoms with E-state index in [0.717, 1.165) is 50.8 Å². The highest BCUT2D eigenvalue weighted by atomic mass is 19.2. The van der Waals surface area contributed by atoms with Crippen molar-refractivity contribution in [3.63, 3.8) is 0 Å². The van der Waals surface area contributed by atoms with E-state index in [1.165, 1.54) is 0 Å². The highest BCUT2D eigenvalue weighted by Gasteiger charge is 2.29. The number of halogens is 2. The van der Waals surface area contributed by atoms with Gasteiger partial charge in [0.15, 0.2) is 11.6 Å². The van der Waals surface area contributed by atoms with E-state index in [2.05, 4.69) is 6.92 Å². The van der Waals surface area contributed by atoms with Crippen molar-refractivity contribution in [1.82, 2.24) is 0 Å². The zero-order valence-electron chi connectivity index (χ0n) is 14.4. The molecular weight excluding hydrogens is 328 g/mol. The van der Waals surface area contributed by atoms with Crippen molar-refractivity contribution in [2.75, 3.05) is 6.61 Å². The second-order valence-electron chi connectivity index (χ2n) is 6.32. The van der Waals surface area contributed by atoms with E-state index in [-0.39, 0.29) is 12.0 Å². The molecule has 1 aliphatic rings. The van der Waals surface area contributed by atoms with Crippen LogP contribution in [-0.4, -0.2) is 18.7 Å². The summed E-state index contributed by atoms with van der Waals surface area (Å²) in [5, 5.41) is 8.66. The molecule has 0 N–H and O–H groups in total. The Balaban J connectivity index is 1.83. The quantitative estimate of drug-likeness (QED) is 0.412. The molecular formula is C19H23F2NO3. The predicted molar refractivity (Wildman–Crippen MR) is 87.9 cm³/mol. The van der Waals surface area contributed by atoms with Gasteiger partial charge >= 0.3 is 5.97 Å². The molecule has 6 heteroatoms. The summed E-state index contributed by atoms with van der Waals surface area (Å²) >= 11 is 0. The van der Waals surface area contributed by atoms with Gasteiger partial charge in [0.1, 0.15) is 6.07 Å². The lowest BCUT2D eigenvalue weighted by molar-refractivity contribution is -0.141. The van der Waals surface area contributed by atoms with E-state index in [9.17, 15) is 13.6 Å². The van der Waals surface area contributed by atoms with Crippen LogP contribution >= 0.6 is 0 Å². The van der Waals surface area contributed by atoms with Crippen LogP contribution in [0, 0.1) is 28.9 Å². The van der Waals surface area contributed by atoms with Gasteiger partial charge in [-0.1, -0.05) is 19.8 Å². The van der Waals surface area contributed by atoms with Crippen molar-refractivity contribution in [2.45, 2.75) is 58.0 Å². The van der Waals surface area contributed by atoms with E-state index in [1.807, 2.05) is 0 Å². The van der Waals surface area contributed by atoms with Crippen LogP contribution in [0.1, 0.15) is 57.4 Å². The van der Waals surface area contributed by atoms with E-state index < -0.39 is 28.9 Å². The number of hydrogen-bond donors (Lipinski definition) is 0. The molecule has 1 saturated carbocycles. The fraction of sp³-hybridized carbons (Fsp3) is 0.579. The van der Waals surface area contributed by atoms with E-state index in [0.29, 0.717) is 12.8 Å². The normalized spacial score (nSPS) is 20.1. The molecule has 136 valence electrons. The molecule has 1 fully saturated rings. The smallest absolute Gasteiger partial charge is 0.314 e. The number of carbonyl (C=O) groups excluding carboxylic acids is 1. The maximum absolute atomic E-state index is 13.8. The number of rotatable bonds is 7. The summed E-state index contributed by atoms with van der Waals surface area (Å²) in [6.45, 7) is 2.88. The Kier molecular flexibility index (Phi) is 7.32. The van der Waals surface area contributed by atoms with Gasteiger partial charge in [-0.05, 0) is 44.2 Å². The minimum absolute atomic E-state index is 0.157. The first-order chi connectivity index (χ1) is 12.1. The number of carbonyl (C=O) groups is 1. The largest absolute Gasteiger partial charge is 0.423 e. The molecule has 0 aromatic heterocycles. The van der Waals surface area contributed by atoms with Crippen molar-refractivity contribution in [3.05, 3.63) is 29.3 Å². The molecule has 0 unspecified atom stereocenters. The highest BCUT2D eigenvalue weighted by Crippen LogP contribution is 2.29. The van der Waals surface area contributed by atoms with Gasteiger partial charge < -0.3 is 9.47 Å². The van der Waals surface area contributed by atoms with Crippen LogP contribution in [0.3, 0.4) is 0 Å². The van der Waals surface area contributed by atoms with Crippen molar-refractivity contribution in [2.24, 2.45) is 5.92 Å². The average Bonchev–Trinajstić information content (AvgIpc) is 2.63. The van der Waals surface area contributed by atoms with Crippen molar-refractivity contribution < 1.29 is 23.0 Å². The summed E-state index contributed by atoms with van der Waals surface area (Å²) in [5.74, 6) is -3.97. The van der Waals surface area contributed by atoms with Crippen LogP contribution in [0.4, 0.5) is 8.78 Å². The fourth-order valence-corrected chi connectivity index (χ4v) is 2.96. The Morgan fingerprint density at radius 1 is 1.20 bits per heavy atom. The SMILES string of the molecule is CCCCCOC1CCC(C(=O)Oc2ccc(C#N)c(F)c2F)CC1. The molecule has 0 atom stereocenters. The molecule has 0 saturated heterocycles. The maximum Gasteiger partial charge on any atom is 0.314 e. The maximum atomic E-state index is 13.8. The molecule has 0 bridgehead atoms. The summed E-state index contributed by atoms with van der Waals surface area (Å²) in [5.41, 5.74) is -0.418. The molecule has 1 aromatic rings. The molecule has 0 amide bonds. The van der Waals surface area contributed by atoms with E-state index in [1.54, 1.807) is 6.07 Å². The molecule has 0 aliphatic heterocycles. The Bertz CT molecular complexity index is 634. The van der Waals surface area contributed by atoms with Gasteiger partial charge in [0.2, 0.25) is 5.82 Å². The summed E-state index contributed by atoms with van der Waals surface area (Å²) in [6, 6.07) is 3.75. The van der Waals surface area contributed by atoms with Gasteiger partial charge in [-0.25, -0.2) is 4.39 Å². The number of hydrogen-bond acceptors (Lipinski definition) is 4. The van der Waals surface area contributed by atoms with Crippen molar-refractivity contribution in [1.29, 1.82) is 5.26 Å². The van der Waals surface area contributed by atoms with Gasteiger partial charge in [0.05, 0.1) is 17.6 Å². The first-order valence-electron chi connectivity index (χ1n) is 8.78. The van der Waals surface area contributed by atoms with E-state index in [4.69, 9.17) is 14.7 Å². The van der Waals surface area contributed by atoms with Crippen LogP contribution < -0.4 is 4.74 Å². The van der Waals surface area contributed by atoms with Gasteiger partial charge in [0, 0.05) is 6.61 Å². The molecule has 4 nitrogen and oxygen atoms in total. The molecule has 0 spiro atoms. The number of benzene rings is 1. The molecule has 0 heterocycles. The predicted octanol–water partition coefficient (Wildman–Crippen LogP) is 4.51. The molecule has 25 heavy (non-hydrogen) atoms. The lowest BCUT2D eigenvalue weighted by Gasteiger charge is -2.27. The second kappa shape index (κ2) is 9.47. The zero-order chi connectivity index (χ0) is 18.2. The Morgan fingerprint density at radius 3 is 2.56 bits per heavy atom. The van der Waals surface area contributed by atoms with Crippen LogP contribution in [0.15, 0.2) is 12.1 Å². The van der Waals surface area contributed by atoms with Gasteiger partial charge in [-0.2, -0.15) is 9.65 Å². The second-order valence-corrected chi connectivity index (χ2v) is 6.32. The van der Waals surface area contributed by atoms with Crippen molar-refractivity contribution in [3.8, 4) is 11.8 Å². The number of nitriles is 1. The van der Waals surface area contributed by atoms with Crippen LogP contribution in [0.2, 0.25) is 0 Å². The summed E-state index contributed by atoms with van der Waals surface area (Å²) < 4.78 is 38.2. The zero-order valence-corrected chi connectivity index (χ0v) is 14.4.